The van der Waals surface area contributed by atoms with Gasteiger partial charge in [-0.1, -0.05) is 30.3 Å². The highest BCUT2D eigenvalue weighted by atomic mass is 19.1. The molecule has 116 valence electrons. The fourth-order valence-corrected chi connectivity index (χ4v) is 2.05. The van der Waals surface area contributed by atoms with E-state index in [9.17, 15) is 14.0 Å². The van der Waals surface area contributed by atoms with Gasteiger partial charge in [-0.2, -0.15) is 0 Å². The Morgan fingerprint density at radius 2 is 1.91 bits per heavy atom. The van der Waals surface area contributed by atoms with Crippen LogP contribution in [0.4, 0.5) is 4.39 Å². The molecule has 0 saturated carbocycles. The summed E-state index contributed by atoms with van der Waals surface area (Å²) in [6.45, 7) is -1.12. The summed E-state index contributed by atoms with van der Waals surface area (Å²) in [5.41, 5.74) is 2.85. The summed E-state index contributed by atoms with van der Waals surface area (Å²) in [6, 6.07) is 12.1. The molecule has 1 heterocycles. The van der Waals surface area contributed by atoms with Crippen molar-refractivity contribution in [1.29, 1.82) is 0 Å². The van der Waals surface area contributed by atoms with E-state index in [1.54, 1.807) is 0 Å². The topological polar surface area (TPSA) is 82.2 Å². The molecule has 22 heavy (non-hydrogen) atoms. The number of hydrogen-bond acceptors (Lipinski definition) is 2. The predicted octanol–water partition coefficient (Wildman–Crippen LogP) is 2.15. The fourth-order valence-electron chi connectivity index (χ4n) is 2.05. The molecule has 0 radical (unpaired) electrons. The summed E-state index contributed by atoms with van der Waals surface area (Å²) in [4.78, 5) is 25.5. The summed E-state index contributed by atoms with van der Waals surface area (Å²) < 4.78 is 12.4. The Morgan fingerprint density at radius 3 is 2.55 bits per heavy atom. The van der Waals surface area contributed by atoms with Crippen molar-refractivity contribution in [3.8, 4) is 11.3 Å². The molecule has 0 spiro atoms. The number of aliphatic carboxylic acids is 1. The third kappa shape index (κ3) is 4.18. The molecule has 0 fully saturated rings. The van der Waals surface area contributed by atoms with Crippen LogP contribution in [0.15, 0.2) is 42.5 Å². The Labute approximate surface area is 127 Å². The van der Waals surface area contributed by atoms with Crippen LogP contribution in [-0.4, -0.2) is 34.7 Å². The van der Waals surface area contributed by atoms with Crippen LogP contribution in [0.25, 0.3) is 11.3 Å². The average molecular weight is 304 g/mol. The largest absolute Gasteiger partial charge is 0.480 e. The molecule has 0 aliphatic rings. The second-order valence-corrected chi connectivity index (χ2v) is 4.88. The molecule has 3 N–H and O–H groups in total. The van der Waals surface area contributed by atoms with E-state index in [2.05, 4.69) is 10.3 Å². The molecule has 1 atom stereocenters. The Kier molecular flexibility index (Phi) is 5.30. The van der Waals surface area contributed by atoms with Crippen molar-refractivity contribution in [3.63, 3.8) is 0 Å². The standard InChI is InChI=1S/C16H17FN2O3/c17-10-14(16(21)22)19-15(20)9-7-12-6-8-13(18-12)11-4-2-1-3-5-11/h1-6,8,14,18H,7,9-10H2,(H,19,20)(H,21,22). The highest BCUT2D eigenvalue weighted by Gasteiger charge is 2.19. The van der Waals surface area contributed by atoms with Crippen LogP contribution in [0.5, 0.6) is 0 Å². The number of alkyl halides is 1. The van der Waals surface area contributed by atoms with Crippen molar-refractivity contribution in [2.24, 2.45) is 0 Å². The van der Waals surface area contributed by atoms with Crippen molar-refractivity contribution in [2.75, 3.05) is 6.67 Å². The molecule has 2 aromatic rings. The normalized spacial score (nSPS) is 11.9. The molecule has 1 unspecified atom stereocenters. The van der Waals surface area contributed by atoms with E-state index in [-0.39, 0.29) is 6.42 Å². The number of hydrogen-bond donors (Lipinski definition) is 3. The van der Waals surface area contributed by atoms with Crippen molar-refractivity contribution in [3.05, 3.63) is 48.2 Å². The van der Waals surface area contributed by atoms with E-state index in [0.717, 1.165) is 17.0 Å². The molecule has 6 heteroatoms. The van der Waals surface area contributed by atoms with E-state index in [1.165, 1.54) is 0 Å². The molecule has 0 bridgehead atoms. The molecule has 1 amide bonds. The lowest BCUT2D eigenvalue weighted by molar-refractivity contribution is -0.142. The number of carboxylic acid groups (broad SMARTS) is 1. The molecular weight excluding hydrogens is 287 g/mol. The Balaban J connectivity index is 1.89. The zero-order chi connectivity index (χ0) is 15.9. The number of halogens is 1. The second-order valence-electron chi connectivity index (χ2n) is 4.88. The van der Waals surface area contributed by atoms with Crippen LogP contribution in [0, 0.1) is 0 Å². The van der Waals surface area contributed by atoms with E-state index in [4.69, 9.17) is 5.11 Å². The van der Waals surface area contributed by atoms with Crippen molar-refractivity contribution >= 4 is 11.9 Å². The van der Waals surface area contributed by atoms with Gasteiger partial charge in [-0.25, -0.2) is 9.18 Å². The van der Waals surface area contributed by atoms with Gasteiger partial charge in [-0.15, -0.1) is 0 Å². The number of carbonyl (C=O) groups is 2. The number of carbonyl (C=O) groups excluding carboxylic acids is 1. The smallest absolute Gasteiger partial charge is 0.328 e. The van der Waals surface area contributed by atoms with Gasteiger partial charge in [0.05, 0.1) is 0 Å². The number of nitrogens with one attached hydrogen (secondary N) is 2. The van der Waals surface area contributed by atoms with Crippen molar-refractivity contribution in [2.45, 2.75) is 18.9 Å². The van der Waals surface area contributed by atoms with Gasteiger partial charge >= 0.3 is 5.97 Å². The minimum absolute atomic E-state index is 0.0958. The van der Waals surface area contributed by atoms with Crippen LogP contribution in [0.3, 0.4) is 0 Å². The van der Waals surface area contributed by atoms with Gasteiger partial charge in [-0.3, -0.25) is 4.79 Å². The number of amides is 1. The lowest BCUT2D eigenvalue weighted by Gasteiger charge is -2.10. The van der Waals surface area contributed by atoms with Crippen molar-refractivity contribution < 1.29 is 19.1 Å². The van der Waals surface area contributed by atoms with Crippen LogP contribution in [-0.2, 0) is 16.0 Å². The van der Waals surface area contributed by atoms with E-state index < -0.39 is 24.6 Å². The van der Waals surface area contributed by atoms with Crippen LogP contribution < -0.4 is 5.32 Å². The molecule has 0 aliphatic heterocycles. The fraction of sp³-hybridized carbons (Fsp3) is 0.250. The number of aryl methyl sites for hydroxylation is 1. The highest BCUT2D eigenvalue weighted by Crippen LogP contribution is 2.18. The maximum Gasteiger partial charge on any atom is 0.328 e. The van der Waals surface area contributed by atoms with Crippen LogP contribution in [0.1, 0.15) is 12.1 Å². The second kappa shape index (κ2) is 7.40. The maximum absolute atomic E-state index is 12.4. The summed E-state index contributed by atoms with van der Waals surface area (Å²) in [5, 5.41) is 10.8. The van der Waals surface area contributed by atoms with Gasteiger partial charge in [0.15, 0.2) is 6.04 Å². The Morgan fingerprint density at radius 1 is 1.18 bits per heavy atom. The quantitative estimate of drug-likeness (QED) is 0.733. The molecule has 5 nitrogen and oxygen atoms in total. The zero-order valence-electron chi connectivity index (χ0n) is 11.9. The summed E-state index contributed by atoms with van der Waals surface area (Å²) >= 11 is 0. The van der Waals surface area contributed by atoms with Crippen molar-refractivity contribution in [1.82, 2.24) is 10.3 Å². The Bertz CT molecular complexity index is 640. The third-order valence-electron chi connectivity index (χ3n) is 3.24. The molecule has 1 aromatic heterocycles. The number of aromatic nitrogens is 1. The summed E-state index contributed by atoms with van der Waals surface area (Å²) in [6.07, 6.45) is 0.524. The first-order valence-corrected chi connectivity index (χ1v) is 6.91. The van der Waals surface area contributed by atoms with Gasteiger partial charge in [-0.05, 0) is 24.1 Å². The average Bonchev–Trinajstić information content (AvgIpc) is 3.00. The SMILES string of the molecule is O=C(CCc1ccc(-c2ccccc2)[nH]1)NC(CF)C(=O)O. The minimum atomic E-state index is -1.48. The molecule has 0 saturated heterocycles. The third-order valence-corrected chi connectivity index (χ3v) is 3.24. The number of benzene rings is 1. The van der Waals surface area contributed by atoms with Gasteiger partial charge in [0.2, 0.25) is 5.91 Å². The van der Waals surface area contributed by atoms with Crippen LogP contribution in [0.2, 0.25) is 0 Å². The monoisotopic (exact) mass is 304 g/mol. The highest BCUT2D eigenvalue weighted by molar-refractivity contribution is 5.83. The minimum Gasteiger partial charge on any atom is -0.480 e. The van der Waals surface area contributed by atoms with E-state index in [0.29, 0.717) is 6.42 Å². The van der Waals surface area contributed by atoms with Gasteiger partial charge in [0.25, 0.3) is 0 Å². The lowest BCUT2D eigenvalue weighted by atomic mass is 10.2. The maximum atomic E-state index is 12.4. The number of H-pyrrole nitrogens is 1. The number of aromatic amines is 1. The summed E-state index contributed by atoms with van der Waals surface area (Å²) in [7, 11) is 0. The lowest BCUT2D eigenvalue weighted by Crippen LogP contribution is -2.42. The Hall–Kier alpha value is -2.63. The first-order valence-electron chi connectivity index (χ1n) is 6.91. The van der Waals surface area contributed by atoms with Crippen LogP contribution >= 0.6 is 0 Å². The van der Waals surface area contributed by atoms with Gasteiger partial charge in [0, 0.05) is 17.8 Å². The zero-order valence-corrected chi connectivity index (χ0v) is 11.9. The molecular formula is C16H17FN2O3. The first-order chi connectivity index (χ1) is 10.6. The van der Waals surface area contributed by atoms with E-state index in [1.807, 2.05) is 42.5 Å². The molecule has 1 aromatic carbocycles. The first kappa shape index (κ1) is 15.8. The molecule has 2 rings (SSSR count). The summed E-state index contributed by atoms with van der Waals surface area (Å²) in [5.74, 6) is -1.86. The van der Waals surface area contributed by atoms with Gasteiger partial charge < -0.3 is 15.4 Å². The number of rotatable bonds is 7. The molecule has 0 aliphatic carbocycles. The predicted molar refractivity (Wildman–Crippen MR) is 80.1 cm³/mol. The van der Waals surface area contributed by atoms with E-state index >= 15 is 0 Å². The number of carboxylic acids is 1. The van der Waals surface area contributed by atoms with Gasteiger partial charge in [0.1, 0.15) is 6.67 Å².